The van der Waals surface area contributed by atoms with Gasteiger partial charge in [0.25, 0.3) is 0 Å². The number of aryl methyl sites for hydroxylation is 1. The van der Waals surface area contributed by atoms with Gasteiger partial charge in [-0.15, -0.1) is 11.6 Å². The fourth-order valence-corrected chi connectivity index (χ4v) is 4.18. The molecule has 1 heteroatoms. The SMILES string of the molecule is CCc1ccc(C(Cl)C2(CC(C)C)CCCC2)cc1. The highest BCUT2D eigenvalue weighted by atomic mass is 35.5. The summed E-state index contributed by atoms with van der Waals surface area (Å²) < 4.78 is 0. The number of benzene rings is 1. The molecule has 0 radical (unpaired) electrons. The maximum atomic E-state index is 6.91. The molecule has 106 valence electrons. The lowest BCUT2D eigenvalue weighted by Gasteiger charge is -2.36. The van der Waals surface area contributed by atoms with E-state index in [1.54, 1.807) is 0 Å². The third kappa shape index (κ3) is 3.34. The highest BCUT2D eigenvalue weighted by Gasteiger charge is 2.41. The molecule has 0 bridgehead atoms. The molecule has 1 atom stereocenters. The summed E-state index contributed by atoms with van der Waals surface area (Å²) in [6.45, 7) is 6.85. The van der Waals surface area contributed by atoms with Crippen LogP contribution in [-0.2, 0) is 6.42 Å². The van der Waals surface area contributed by atoms with Crippen LogP contribution in [0.2, 0.25) is 0 Å². The van der Waals surface area contributed by atoms with E-state index in [4.69, 9.17) is 11.6 Å². The Labute approximate surface area is 123 Å². The molecule has 0 saturated heterocycles. The van der Waals surface area contributed by atoms with Gasteiger partial charge in [-0.1, -0.05) is 57.9 Å². The molecule has 0 aromatic heterocycles. The van der Waals surface area contributed by atoms with Gasteiger partial charge in [-0.3, -0.25) is 0 Å². The van der Waals surface area contributed by atoms with Crippen LogP contribution in [0.3, 0.4) is 0 Å². The zero-order chi connectivity index (χ0) is 13.9. The van der Waals surface area contributed by atoms with Crippen LogP contribution in [0.5, 0.6) is 0 Å². The summed E-state index contributed by atoms with van der Waals surface area (Å²) in [6.07, 6.45) is 7.66. The standard InChI is InChI=1S/C18H27Cl/c1-4-15-7-9-16(10-8-15)17(19)18(13-14(2)3)11-5-6-12-18/h7-10,14,17H,4-6,11-13H2,1-3H3. The van der Waals surface area contributed by atoms with Crippen molar-refractivity contribution >= 4 is 11.6 Å². The Hall–Kier alpha value is -0.490. The highest BCUT2D eigenvalue weighted by molar-refractivity contribution is 6.21. The summed E-state index contributed by atoms with van der Waals surface area (Å²) in [5.41, 5.74) is 3.06. The summed E-state index contributed by atoms with van der Waals surface area (Å²) in [5, 5.41) is 0.184. The molecule has 2 rings (SSSR count). The summed E-state index contributed by atoms with van der Waals surface area (Å²) in [7, 11) is 0. The monoisotopic (exact) mass is 278 g/mol. The van der Waals surface area contributed by atoms with Crippen molar-refractivity contribution in [3.8, 4) is 0 Å². The quantitative estimate of drug-likeness (QED) is 0.568. The van der Waals surface area contributed by atoms with Crippen LogP contribution in [0.1, 0.15) is 69.4 Å². The van der Waals surface area contributed by atoms with Gasteiger partial charge in [-0.2, -0.15) is 0 Å². The van der Waals surface area contributed by atoms with Gasteiger partial charge in [-0.25, -0.2) is 0 Å². The predicted molar refractivity (Wildman–Crippen MR) is 84.8 cm³/mol. The van der Waals surface area contributed by atoms with E-state index in [0.717, 1.165) is 12.3 Å². The molecule has 1 aliphatic rings. The molecule has 1 aliphatic carbocycles. The van der Waals surface area contributed by atoms with Crippen LogP contribution in [-0.4, -0.2) is 0 Å². The summed E-state index contributed by atoms with van der Waals surface area (Å²) in [6, 6.07) is 8.97. The molecule has 1 saturated carbocycles. The van der Waals surface area contributed by atoms with E-state index in [1.165, 1.54) is 43.2 Å². The lowest BCUT2D eigenvalue weighted by molar-refractivity contribution is 0.223. The van der Waals surface area contributed by atoms with E-state index < -0.39 is 0 Å². The van der Waals surface area contributed by atoms with Crippen LogP contribution < -0.4 is 0 Å². The molecule has 1 fully saturated rings. The van der Waals surface area contributed by atoms with Gasteiger partial charge in [0.1, 0.15) is 0 Å². The zero-order valence-electron chi connectivity index (χ0n) is 12.6. The van der Waals surface area contributed by atoms with E-state index >= 15 is 0 Å². The third-order valence-corrected chi connectivity index (χ3v) is 5.35. The predicted octanol–water partition coefficient (Wildman–Crippen LogP) is 6.14. The average Bonchev–Trinajstić information content (AvgIpc) is 2.87. The molecule has 0 aliphatic heterocycles. The topological polar surface area (TPSA) is 0 Å². The smallest absolute Gasteiger partial charge is 0.0641 e. The first kappa shape index (κ1) is 14.9. The van der Waals surface area contributed by atoms with Crippen molar-refractivity contribution in [1.82, 2.24) is 0 Å². The molecular weight excluding hydrogens is 252 g/mol. The summed E-state index contributed by atoms with van der Waals surface area (Å²) >= 11 is 6.91. The Morgan fingerprint density at radius 2 is 1.68 bits per heavy atom. The number of rotatable bonds is 5. The second kappa shape index (κ2) is 6.31. The lowest BCUT2D eigenvalue weighted by Crippen LogP contribution is -2.24. The van der Waals surface area contributed by atoms with Crippen LogP contribution in [0, 0.1) is 11.3 Å². The molecule has 0 nitrogen and oxygen atoms in total. The molecule has 1 aromatic carbocycles. The fourth-order valence-electron chi connectivity index (χ4n) is 3.73. The van der Waals surface area contributed by atoms with E-state index in [0.29, 0.717) is 5.41 Å². The molecule has 0 spiro atoms. The first-order valence-electron chi connectivity index (χ1n) is 7.80. The van der Waals surface area contributed by atoms with Crippen molar-refractivity contribution in [2.75, 3.05) is 0 Å². The highest BCUT2D eigenvalue weighted by Crippen LogP contribution is 2.54. The Balaban J connectivity index is 2.20. The fraction of sp³-hybridized carbons (Fsp3) is 0.667. The van der Waals surface area contributed by atoms with Gasteiger partial charge in [0.05, 0.1) is 5.38 Å². The Morgan fingerprint density at radius 3 is 2.16 bits per heavy atom. The van der Waals surface area contributed by atoms with Gasteiger partial charge in [0.15, 0.2) is 0 Å². The first-order valence-corrected chi connectivity index (χ1v) is 8.24. The molecule has 0 N–H and O–H groups in total. The Bertz CT molecular complexity index is 385. The number of hydrogen-bond donors (Lipinski definition) is 0. The van der Waals surface area contributed by atoms with E-state index in [9.17, 15) is 0 Å². The molecule has 19 heavy (non-hydrogen) atoms. The van der Waals surface area contributed by atoms with Gasteiger partial charge in [-0.05, 0) is 48.1 Å². The van der Waals surface area contributed by atoms with Crippen molar-refractivity contribution in [2.24, 2.45) is 11.3 Å². The number of alkyl halides is 1. The van der Waals surface area contributed by atoms with E-state index in [1.807, 2.05) is 0 Å². The molecular formula is C18H27Cl. The minimum absolute atomic E-state index is 0.184. The molecule has 0 heterocycles. The van der Waals surface area contributed by atoms with Gasteiger partial charge >= 0.3 is 0 Å². The molecule has 1 aromatic rings. The van der Waals surface area contributed by atoms with Crippen molar-refractivity contribution in [1.29, 1.82) is 0 Å². The third-order valence-electron chi connectivity index (χ3n) is 4.63. The minimum atomic E-state index is 0.184. The van der Waals surface area contributed by atoms with E-state index in [-0.39, 0.29) is 5.38 Å². The molecule has 1 unspecified atom stereocenters. The number of hydrogen-bond acceptors (Lipinski definition) is 0. The normalized spacial score (nSPS) is 19.8. The Kier molecular flexibility index (Phi) is 4.95. The summed E-state index contributed by atoms with van der Waals surface area (Å²) in [4.78, 5) is 0. The largest absolute Gasteiger partial charge is 0.117 e. The maximum Gasteiger partial charge on any atom is 0.0641 e. The van der Waals surface area contributed by atoms with Crippen molar-refractivity contribution in [3.63, 3.8) is 0 Å². The van der Waals surface area contributed by atoms with Crippen LogP contribution in [0.15, 0.2) is 24.3 Å². The van der Waals surface area contributed by atoms with Gasteiger partial charge in [0, 0.05) is 0 Å². The second-order valence-corrected chi connectivity index (χ2v) is 7.06. The van der Waals surface area contributed by atoms with E-state index in [2.05, 4.69) is 45.0 Å². The lowest BCUT2D eigenvalue weighted by atomic mass is 9.73. The summed E-state index contributed by atoms with van der Waals surface area (Å²) in [5.74, 6) is 0.731. The van der Waals surface area contributed by atoms with Crippen LogP contribution in [0.4, 0.5) is 0 Å². The maximum absolute atomic E-state index is 6.91. The van der Waals surface area contributed by atoms with Crippen molar-refractivity contribution in [3.05, 3.63) is 35.4 Å². The first-order chi connectivity index (χ1) is 9.07. The van der Waals surface area contributed by atoms with Crippen molar-refractivity contribution in [2.45, 2.75) is 64.7 Å². The number of halogens is 1. The van der Waals surface area contributed by atoms with Gasteiger partial charge in [0.2, 0.25) is 0 Å². The zero-order valence-corrected chi connectivity index (χ0v) is 13.3. The van der Waals surface area contributed by atoms with Crippen molar-refractivity contribution < 1.29 is 0 Å². The van der Waals surface area contributed by atoms with Gasteiger partial charge < -0.3 is 0 Å². The second-order valence-electron chi connectivity index (χ2n) is 6.63. The molecule has 0 amide bonds. The Morgan fingerprint density at radius 1 is 1.11 bits per heavy atom. The van der Waals surface area contributed by atoms with Crippen LogP contribution in [0.25, 0.3) is 0 Å². The van der Waals surface area contributed by atoms with Crippen LogP contribution >= 0.6 is 11.6 Å². The minimum Gasteiger partial charge on any atom is -0.117 e. The average molecular weight is 279 g/mol.